The summed E-state index contributed by atoms with van der Waals surface area (Å²) in [5.41, 5.74) is 0.738. The first-order valence-electron chi connectivity index (χ1n) is 4.00. The minimum Gasteiger partial charge on any atom is -0.304 e. The quantitative estimate of drug-likeness (QED) is 0.599. The molecule has 4 heteroatoms. The van der Waals surface area contributed by atoms with Crippen molar-refractivity contribution in [3.8, 4) is 0 Å². The Balaban J connectivity index is 2.99. The van der Waals surface area contributed by atoms with Gasteiger partial charge in [0.05, 0.1) is 6.61 Å². The number of halogens is 1. The minimum atomic E-state index is -0.208. The fourth-order valence-corrected chi connectivity index (χ4v) is 1.55. The van der Waals surface area contributed by atoms with Crippen LogP contribution >= 0.6 is 11.6 Å². The molecular weight excluding hydrogens is 188 g/mol. The van der Waals surface area contributed by atoms with Crippen LogP contribution in [0.1, 0.15) is 19.4 Å². The van der Waals surface area contributed by atoms with Crippen molar-refractivity contribution in [1.29, 1.82) is 0 Å². The van der Waals surface area contributed by atoms with Crippen molar-refractivity contribution in [2.75, 3.05) is 6.61 Å². The van der Waals surface area contributed by atoms with Gasteiger partial charge in [-0.2, -0.15) is 0 Å². The van der Waals surface area contributed by atoms with E-state index in [0.29, 0.717) is 11.8 Å². The lowest BCUT2D eigenvalue weighted by atomic mass is 9.87. The maximum Gasteiger partial charge on any atom is 0.132 e. The number of hydrogen-bond donors (Lipinski definition) is 1. The summed E-state index contributed by atoms with van der Waals surface area (Å²) in [4.78, 5) is 8.63. The van der Waals surface area contributed by atoms with Crippen molar-refractivity contribution < 1.29 is 4.84 Å². The van der Waals surface area contributed by atoms with Gasteiger partial charge in [-0.1, -0.05) is 31.5 Å². The molecule has 2 N–H and O–H groups in total. The molecule has 0 atom stereocenters. The third-order valence-electron chi connectivity index (χ3n) is 1.93. The highest BCUT2D eigenvalue weighted by Crippen LogP contribution is 2.27. The second-order valence-electron chi connectivity index (χ2n) is 3.54. The lowest BCUT2D eigenvalue weighted by molar-refractivity contribution is 0.0963. The highest BCUT2D eigenvalue weighted by molar-refractivity contribution is 6.30. The molecule has 0 unspecified atom stereocenters. The Morgan fingerprint density at radius 3 is 2.85 bits per heavy atom. The number of aromatic nitrogens is 1. The smallest absolute Gasteiger partial charge is 0.132 e. The molecule has 0 fully saturated rings. The molecule has 0 aliphatic rings. The first kappa shape index (κ1) is 10.4. The molecule has 0 amide bonds. The first-order valence-corrected chi connectivity index (χ1v) is 4.38. The molecule has 0 aliphatic carbocycles. The van der Waals surface area contributed by atoms with Gasteiger partial charge in [-0.3, -0.25) is 0 Å². The summed E-state index contributed by atoms with van der Waals surface area (Å²) in [7, 11) is 0. The lowest BCUT2D eigenvalue weighted by Gasteiger charge is -2.23. The van der Waals surface area contributed by atoms with Gasteiger partial charge in [0.15, 0.2) is 0 Å². The van der Waals surface area contributed by atoms with Gasteiger partial charge in [0.1, 0.15) is 5.15 Å². The molecule has 0 aliphatic heterocycles. The summed E-state index contributed by atoms with van der Waals surface area (Å²) < 4.78 is 0. The van der Waals surface area contributed by atoms with Crippen LogP contribution in [-0.4, -0.2) is 11.6 Å². The second-order valence-corrected chi connectivity index (χ2v) is 3.89. The summed E-state index contributed by atoms with van der Waals surface area (Å²) in [6.45, 7) is 4.42. The Labute approximate surface area is 82.8 Å². The van der Waals surface area contributed by atoms with Crippen LogP contribution in [0.4, 0.5) is 0 Å². The van der Waals surface area contributed by atoms with Gasteiger partial charge >= 0.3 is 0 Å². The van der Waals surface area contributed by atoms with E-state index in [9.17, 15) is 0 Å². The lowest BCUT2D eigenvalue weighted by Crippen LogP contribution is -2.26. The fraction of sp³-hybridized carbons (Fsp3) is 0.444. The number of rotatable bonds is 3. The summed E-state index contributed by atoms with van der Waals surface area (Å²) in [5, 5.41) is 0.504. The number of nitrogens with zero attached hydrogens (tertiary/aromatic N) is 1. The minimum absolute atomic E-state index is 0.208. The molecule has 3 nitrogen and oxygen atoms in total. The fourth-order valence-electron chi connectivity index (χ4n) is 1.18. The number of nitrogens with two attached hydrogens (primary N) is 1. The molecule has 1 heterocycles. The topological polar surface area (TPSA) is 48.1 Å². The van der Waals surface area contributed by atoms with Crippen LogP contribution in [0.25, 0.3) is 0 Å². The number of pyridine rings is 1. The van der Waals surface area contributed by atoms with Gasteiger partial charge in [0.25, 0.3) is 0 Å². The first-order chi connectivity index (χ1) is 6.08. The zero-order chi connectivity index (χ0) is 9.90. The summed E-state index contributed by atoms with van der Waals surface area (Å²) in [6, 6.07) is 3.77. The van der Waals surface area contributed by atoms with E-state index in [-0.39, 0.29) is 5.41 Å². The van der Waals surface area contributed by atoms with Gasteiger partial charge in [0, 0.05) is 11.6 Å². The molecule has 1 rings (SSSR count). The molecular formula is C9H13ClN2O. The van der Waals surface area contributed by atoms with Crippen molar-refractivity contribution in [3.05, 3.63) is 29.0 Å². The van der Waals surface area contributed by atoms with E-state index in [1.165, 1.54) is 0 Å². The highest BCUT2D eigenvalue weighted by atomic mass is 35.5. The SMILES string of the molecule is CC(C)(CON)c1cccnc1Cl. The van der Waals surface area contributed by atoms with E-state index in [1.807, 2.05) is 26.0 Å². The Kier molecular flexibility index (Phi) is 3.25. The maximum absolute atomic E-state index is 5.94. The summed E-state index contributed by atoms with van der Waals surface area (Å²) >= 11 is 5.94. The van der Waals surface area contributed by atoms with Crippen LogP contribution in [0.5, 0.6) is 0 Å². The van der Waals surface area contributed by atoms with Gasteiger partial charge in [-0.15, -0.1) is 0 Å². The van der Waals surface area contributed by atoms with E-state index in [2.05, 4.69) is 9.82 Å². The third-order valence-corrected chi connectivity index (χ3v) is 2.23. The van der Waals surface area contributed by atoms with Crippen LogP contribution in [0, 0.1) is 0 Å². The van der Waals surface area contributed by atoms with Crippen LogP contribution in [-0.2, 0) is 10.3 Å². The summed E-state index contributed by atoms with van der Waals surface area (Å²) in [6.07, 6.45) is 1.66. The average molecular weight is 201 g/mol. The van der Waals surface area contributed by atoms with E-state index in [0.717, 1.165) is 5.56 Å². The van der Waals surface area contributed by atoms with Gasteiger partial charge in [-0.05, 0) is 11.6 Å². The standard InChI is InChI=1S/C9H13ClN2O/c1-9(2,6-13-11)7-4-3-5-12-8(7)10/h3-5H,6,11H2,1-2H3. The van der Waals surface area contributed by atoms with Crippen molar-refractivity contribution >= 4 is 11.6 Å². The average Bonchev–Trinajstić information content (AvgIpc) is 2.04. The van der Waals surface area contributed by atoms with E-state index < -0.39 is 0 Å². The van der Waals surface area contributed by atoms with Crippen molar-refractivity contribution in [2.24, 2.45) is 5.90 Å². The zero-order valence-electron chi connectivity index (χ0n) is 7.75. The van der Waals surface area contributed by atoms with Gasteiger partial charge in [0.2, 0.25) is 0 Å². The maximum atomic E-state index is 5.94. The molecule has 0 radical (unpaired) electrons. The Morgan fingerprint density at radius 2 is 2.31 bits per heavy atom. The third kappa shape index (κ3) is 2.40. The van der Waals surface area contributed by atoms with Gasteiger partial charge < -0.3 is 4.84 Å². The Hall–Kier alpha value is -0.640. The van der Waals surface area contributed by atoms with Crippen molar-refractivity contribution in [3.63, 3.8) is 0 Å². The van der Waals surface area contributed by atoms with Crippen LogP contribution in [0.2, 0.25) is 5.15 Å². The predicted molar refractivity (Wildman–Crippen MR) is 52.4 cm³/mol. The molecule has 13 heavy (non-hydrogen) atoms. The molecule has 0 saturated carbocycles. The summed E-state index contributed by atoms with van der Waals surface area (Å²) in [5.74, 6) is 5.04. The molecule has 1 aromatic rings. The second kappa shape index (κ2) is 4.05. The normalized spacial score (nSPS) is 11.7. The van der Waals surface area contributed by atoms with Crippen LogP contribution < -0.4 is 5.90 Å². The van der Waals surface area contributed by atoms with Crippen molar-refractivity contribution in [2.45, 2.75) is 19.3 Å². The molecule has 1 aromatic heterocycles. The largest absolute Gasteiger partial charge is 0.304 e. The van der Waals surface area contributed by atoms with E-state index >= 15 is 0 Å². The zero-order valence-corrected chi connectivity index (χ0v) is 8.51. The molecule has 0 saturated heterocycles. The molecule has 0 spiro atoms. The number of hydrogen-bond acceptors (Lipinski definition) is 3. The Morgan fingerprint density at radius 1 is 1.62 bits per heavy atom. The molecule has 72 valence electrons. The van der Waals surface area contributed by atoms with E-state index in [4.69, 9.17) is 17.5 Å². The monoisotopic (exact) mass is 200 g/mol. The van der Waals surface area contributed by atoms with Crippen LogP contribution in [0.15, 0.2) is 18.3 Å². The molecule has 0 bridgehead atoms. The van der Waals surface area contributed by atoms with E-state index in [1.54, 1.807) is 6.20 Å². The highest BCUT2D eigenvalue weighted by Gasteiger charge is 2.23. The predicted octanol–water partition coefficient (Wildman–Crippen LogP) is 1.90. The van der Waals surface area contributed by atoms with Crippen LogP contribution in [0.3, 0.4) is 0 Å². The van der Waals surface area contributed by atoms with Crippen molar-refractivity contribution in [1.82, 2.24) is 4.98 Å². The van der Waals surface area contributed by atoms with Gasteiger partial charge in [-0.25, -0.2) is 10.9 Å². The Bertz CT molecular complexity index is 289. The molecule has 0 aromatic carbocycles.